The molecule has 1 aromatic rings. The van der Waals surface area contributed by atoms with E-state index >= 15 is 0 Å². The summed E-state index contributed by atoms with van der Waals surface area (Å²) >= 11 is 3.53. The van der Waals surface area contributed by atoms with Crippen molar-refractivity contribution >= 4 is 22.1 Å². The number of benzene rings is 1. The third kappa shape index (κ3) is 3.11. The van der Waals surface area contributed by atoms with Gasteiger partial charge < -0.3 is 9.47 Å². The number of nitrogens with zero attached hydrogens (tertiary/aromatic N) is 1. The Morgan fingerprint density at radius 3 is 2.74 bits per heavy atom. The van der Waals surface area contributed by atoms with E-state index < -0.39 is 0 Å². The summed E-state index contributed by atoms with van der Waals surface area (Å²) in [5.74, 6) is 1.62. The first-order chi connectivity index (χ1) is 9.33. The minimum Gasteiger partial charge on any atom is -0.486 e. The van der Waals surface area contributed by atoms with E-state index in [-0.39, 0.29) is 0 Å². The molecule has 1 fully saturated rings. The van der Waals surface area contributed by atoms with Crippen LogP contribution in [0.25, 0.3) is 0 Å². The maximum absolute atomic E-state index is 5.62. The van der Waals surface area contributed by atoms with Gasteiger partial charge in [0.15, 0.2) is 11.5 Å². The molecule has 0 radical (unpaired) electrons. The van der Waals surface area contributed by atoms with Gasteiger partial charge in [-0.05, 0) is 46.5 Å². The normalized spacial score (nSPS) is 19.8. The highest BCUT2D eigenvalue weighted by atomic mass is 79.9. The second-order valence-electron chi connectivity index (χ2n) is 5.10. The molecule has 1 aliphatic carbocycles. The number of ether oxygens (including phenoxy) is 2. The van der Waals surface area contributed by atoms with Gasteiger partial charge in [-0.15, -0.1) is 0 Å². The van der Waals surface area contributed by atoms with Crippen LogP contribution in [0.3, 0.4) is 0 Å². The third-order valence-corrected chi connectivity index (χ3v) is 4.22. The molecule has 1 aromatic carbocycles. The van der Waals surface area contributed by atoms with E-state index in [0.717, 1.165) is 21.5 Å². The van der Waals surface area contributed by atoms with Crippen molar-refractivity contribution in [1.82, 2.24) is 0 Å². The second-order valence-corrected chi connectivity index (χ2v) is 5.95. The molecule has 0 N–H and O–H groups in total. The minimum absolute atomic E-state index is 0.501. The Kier molecular flexibility index (Phi) is 4.06. The molecule has 1 saturated carbocycles. The monoisotopic (exact) mass is 323 g/mol. The Balaban J connectivity index is 1.77. The molecule has 2 aliphatic rings. The fraction of sp³-hybridized carbons (Fsp3) is 0.533. The van der Waals surface area contributed by atoms with E-state index in [1.807, 2.05) is 18.3 Å². The summed E-state index contributed by atoms with van der Waals surface area (Å²) in [4.78, 5) is 4.70. The smallest absolute Gasteiger partial charge is 0.175 e. The summed E-state index contributed by atoms with van der Waals surface area (Å²) in [7, 11) is 0. The summed E-state index contributed by atoms with van der Waals surface area (Å²) < 4.78 is 12.1. The van der Waals surface area contributed by atoms with Crippen molar-refractivity contribution in [2.75, 3.05) is 13.2 Å². The first-order valence-corrected chi connectivity index (χ1v) is 7.74. The molecule has 0 atom stereocenters. The van der Waals surface area contributed by atoms with Crippen molar-refractivity contribution in [2.45, 2.75) is 38.1 Å². The van der Waals surface area contributed by atoms with Crippen LogP contribution in [-0.2, 0) is 0 Å². The van der Waals surface area contributed by atoms with Crippen molar-refractivity contribution < 1.29 is 9.47 Å². The van der Waals surface area contributed by atoms with E-state index in [1.54, 1.807) is 0 Å². The van der Waals surface area contributed by atoms with Crippen LogP contribution in [0.4, 0.5) is 0 Å². The largest absolute Gasteiger partial charge is 0.486 e. The van der Waals surface area contributed by atoms with Crippen LogP contribution < -0.4 is 9.47 Å². The van der Waals surface area contributed by atoms with Crippen LogP contribution in [0.5, 0.6) is 11.5 Å². The minimum atomic E-state index is 0.501. The Morgan fingerprint density at radius 1 is 1.11 bits per heavy atom. The number of hydrogen-bond acceptors (Lipinski definition) is 3. The van der Waals surface area contributed by atoms with Gasteiger partial charge in [-0.2, -0.15) is 0 Å². The molecule has 19 heavy (non-hydrogen) atoms. The van der Waals surface area contributed by atoms with Gasteiger partial charge in [0.25, 0.3) is 0 Å². The lowest BCUT2D eigenvalue weighted by molar-refractivity contribution is 0.170. The van der Waals surface area contributed by atoms with Crippen molar-refractivity contribution in [1.29, 1.82) is 0 Å². The van der Waals surface area contributed by atoms with Crippen LogP contribution in [0.2, 0.25) is 0 Å². The predicted molar refractivity (Wildman–Crippen MR) is 79.6 cm³/mol. The molecule has 3 nitrogen and oxygen atoms in total. The van der Waals surface area contributed by atoms with Crippen molar-refractivity contribution in [3.8, 4) is 11.5 Å². The number of halogens is 1. The summed E-state index contributed by atoms with van der Waals surface area (Å²) in [5.41, 5.74) is 1.07. The molecule has 1 heterocycles. The molecule has 1 aliphatic heterocycles. The molecule has 0 amide bonds. The van der Waals surface area contributed by atoms with Gasteiger partial charge >= 0.3 is 0 Å². The molecule has 4 heteroatoms. The summed E-state index contributed by atoms with van der Waals surface area (Å²) in [6, 6.07) is 4.55. The van der Waals surface area contributed by atoms with Crippen LogP contribution in [0, 0.1) is 0 Å². The van der Waals surface area contributed by atoms with Crippen LogP contribution in [0.15, 0.2) is 21.6 Å². The lowest BCUT2D eigenvalue weighted by Crippen LogP contribution is -2.16. The number of aliphatic imine (C=N–C) groups is 1. The summed E-state index contributed by atoms with van der Waals surface area (Å²) in [6.07, 6.45) is 8.41. The third-order valence-electron chi connectivity index (χ3n) is 3.63. The van der Waals surface area contributed by atoms with Gasteiger partial charge in [0.05, 0.1) is 4.47 Å². The van der Waals surface area contributed by atoms with E-state index in [1.165, 1.54) is 32.1 Å². The zero-order valence-corrected chi connectivity index (χ0v) is 12.5. The van der Waals surface area contributed by atoms with Crippen molar-refractivity contribution in [2.24, 2.45) is 4.99 Å². The topological polar surface area (TPSA) is 30.8 Å². The molecule has 102 valence electrons. The van der Waals surface area contributed by atoms with Crippen LogP contribution in [-0.4, -0.2) is 25.5 Å². The van der Waals surface area contributed by atoms with Crippen molar-refractivity contribution in [3.05, 3.63) is 22.2 Å². The van der Waals surface area contributed by atoms with Crippen LogP contribution in [0.1, 0.15) is 37.7 Å². The Morgan fingerprint density at radius 2 is 1.89 bits per heavy atom. The van der Waals surface area contributed by atoms with Crippen LogP contribution >= 0.6 is 15.9 Å². The lowest BCUT2D eigenvalue weighted by Gasteiger charge is -2.20. The zero-order chi connectivity index (χ0) is 13.1. The second kappa shape index (κ2) is 5.95. The van der Waals surface area contributed by atoms with Crippen molar-refractivity contribution in [3.63, 3.8) is 0 Å². The maximum Gasteiger partial charge on any atom is 0.175 e. The highest BCUT2D eigenvalue weighted by molar-refractivity contribution is 9.10. The first kappa shape index (κ1) is 13.0. The quantitative estimate of drug-likeness (QED) is 0.771. The fourth-order valence-corrected chi connectivity index (χ4v) is 3.20. The zero-order valence-electron chi connectivity index (χ0n) is 10.9. The molecule has 0 spiro atoms. The van der Waals surface area contributed by atoms with E-state index in [2.05, 4.69) is 15.9 Å². The average molecular weight is 324 g/mol. The Bertz CT molecular complexity index is 481. The van der Waals surface area contributed by atoms with Gasteiger partial charge in [-0.3, -0.25) is 4.99 Å². The van der Waals surface area contributed by atoms with Gasteiger partial charge in [0.1, 0.15) is 13.2 Å². The van der Waals surface area contributed by atoms with Gasteiger partial charge in [0.2, 0.25) is 0 Å². The molecule has 0 bridgehead atoms. The standard InChI is InChI=1S/C15H18BrNO2/c16-13-8-11(9-14-15(13)19-7-6-18-14)10-17-12-4-2-1-3-5-12/h8-10,12H,1-7H2/b17-10+. The summed E-state index contributed by atoms with van der Waals surface area (Å²) in [5, 5.41) is 0. The first-order valence-electron chi connectivity index (χ1n) is 6.95. The Hall–Kier alpha value is -1.03. The highest BCUT2D eigenvalue weighted by Crippen LogP contribution is 2.38. The van der Waals surface area contributed by atoms with E-state index in [4.69, 9.17) is 14.5 Å². The molecule has 0 saturated heterocycles. The molecule has 0 aromatic heterocycles. The number of hydrogen-bond donors (Lipinski definition) is 0. The van der Waals surface area contributed by atoms with E-state index in [9.17, 15) is 0 Å². The average Bonchev–Trinajstić information content (AvgIpc) is 2.46. The number of rotatable bonds is 2. The van der Waals surface area contributed by atoms with E-state index in [0.29, 0.717) is 19.3 Å². The number of fused-ring (bicyclic) bond motifs is 1. The van der Waals surface area contributed by atoms with Gasteiger partial charge in [-0.1, -0.05) is 19.3 Å². The SMILES string of the molecule is Brc1cc(/C=N/C2CCCCC2)cc2c1OCCO2. The Labute approximate surface area is 122 Å². The summed E-state index contributed by atoms with van der Waals surface area (Å²) in [6.45, 7) is 1.23. The van der Waals surface area contributed by atoms with Gasteiger partial charge in [-0.25, -0.2) is 0 Å². The van der Waals surface area contributed by atoms with Gasteiger partial charge in [0, 0.05) is 12.3 Å². The predicted octanol–water partition coefficient (Wildman–Crippen LogP) is 3.97. The molecule has 3 rings (SSSR count). The lowest BCUT2D eigenvalue weighted by atomic mass is 9.96. The molecular weight excluding hydrogens is 306 g/mol. The fourth-order valence-electron chi connectivity index (χ4n) is 2.63. The highest BCUT2D eigenvalue weighted by Gasteiger charge is 2.16. The maximum atomic E-state index is 5.62. The molecule has 0 unspecified atom stereocenters. The molecular formula is C15H18BrNO2.